The number of likely N-dealkylation sites (tertiary alicyclic amines) is 1. The van der Waals surface area contributed by atoms with E-state index in [0.717, 1.165) is 51.6 Å². The molecule has 0 spiro atoms. The van der Waals surface area contributed by atoms with Crippen LogP contribution in [0, 0.1) is 21.8 Å². The summed E-state index contributed by atoms with van der Waals surface area (Å²) in [5, 5.41) is 14.5. The molecule has 0 amide bonds. The van der Waals surface area contributed by atoms with Gasteiger partial charge in [0, 0.05) is 18.7 Å². The quantitative estimate of drug-likeness (QED) is 0.147. The third kappa shape index (κ3) is 8.54. The van der Waals surface area contributed by atoms with Crippen molar-refractivity contribution < 1.29 is 37.9 Å². The molecule has 0 saturated carbocycles. The molecule has 1 atom stereocenters. The maximum absolute atomic E-state index is 13.2. The SMILES string of the molecule is COC(=O)OC1=C(C)NC(C)=C(OC(=O)OCCCN2CCC(Cc3ccc(F)cc3)CC2)C1c1cccc([N+](=O)[O-])c1. The van der Waals surface area contributed by atoms with Crippen LogP contribution in [0.15, 0.2) is 71.4 Å². The van der Waals surface area contributed by atoms with Crippen molar-refractivity contribution >= 4 is 18.0 Å². The van der Waals surface area contributed by atoms with Gasteiger partial charge in [0.25, 0.3) is 5.69 Å². The fraction of sp³-hybridized carbons (Fsp3) is 0.419. The first-order valence-electron chi connectivity index (χ1n) is 14.1. The summed E-state index contributed by atoms with van der Waals surface area (Å²) in [6.45, 7) is 6.10. The van der Waals surface area contributed by atoms with Crippen LogP contribution >= 0.6 is 0 Å². The molecular formula is C31H36FN3O8. The molecule has 2 aromatic carbocycles. The van der Waals surface area contributed by atoms with E-state index in [9.17, 15) is 24.1 Å². The summed E-state index contributed by atoms with van der Waals surface area (Å²) >= 11 is 0. The van der Waals surface area contributed by atoms with Crippen molar-refractivity contribution in [1.82, 2.24) is 10.2 Å². The zero-order chi connectivity index (χ0) is 30.9. The van der Waals surface area contributed by atoms with Gasteiger partial charge in [0.05, 0.1) is 30.0 Å². The van der Waals surface area contributed by atoms with Gasteiger partial charge >= 0.3 is 12.3 Å². The number of carbonyl (C=O) groups is 2. The smallest absolute Gasteiger partial charge is 0.437 e. The maximum Gasteiger partial charge on any atom is 0.513 e. The minimum absolute atomic E-state index is 0.0728. The molecule has 2 heterocycles. The summed E-state index contributed by atoms with van der Waals surface area (Å²) in [5.41, 5.74) is 2.24. The largest absolute Gasteiger partial charge is 0.513 e. The van der Waals surface area contributed by atoms with Gasteiger partial charge in [-0.3, -0.25) is 10.1 Å². The molecule has 0 radical (unpaired) electrons. The molecule has 12 heteroatoms. The summed E-state index contributed by atoms with van der Waals surface area (Å²) in [4.78, 5) is 38.0. The average Bonchev–Trinajstić information content (AvgIpc) is 2.99. The van der Waals surface area contributed by atoms with E-state index in [1.165, 1.54) is 30.3 Å². The zero-order valence-electron chi connectivity index (χ0n) is 24.5. The van der Waals surface area contributed by atoms with Crippen LogP contribution < -0.4 is 5.32 Å². The van der Waals surface area contributed by atoms with Gasteiger partial charge in [-0.15, -0.1) is 0 Å². The lowest BCUT2D eigenvalue weighted by Crippen LogP contribution is -2.35. The molecule has 4 rings (SSSR count). The number of nitrogens with zero attached hydrogens (tertiary/aromatic N) is 2. The Bertz CT molecular complexity index is 1380. The number of nitrogens with one attached hydrogen (secondary N) is 1. The third-order valence-corrected chi connectivity index (χ3v) is 7.59. The molecule has 11 nitrogen and oxygen atoms in total. The van der Waals surface area contributed by atoms with E-state index < -0.39 is 23.2 Å². The average molecular weight is 598 g/mol. The Morgan fingerprint density at radius 2 is 1.67 bits per heavy atom. The fourth-order valence-corrected chi connectivity index (χ4v) is 5.41. The Kier molecular flexibility index (Phi) is 10.7. The van der Waals surface area contributed by atoms with Gasteiger partial charge in [-0.1, -0.05) is 24.3 Å². The first-order valence-corrected chi connectivity index (χ1v) is 14.1. The van der Waals surface area contributed by atoms with Crippen molar-refractivity contribution in [3.63, 3.8) is 0 Å². The first kappa shape index (κ1) is 31.5. The molecule has 0 aliphatic carbocycles. The van der Waals surface area contributed by atoms with E-state index >= 15 is 0 Å². The summed E-state index contributed by atoms with van der Waals surface area (Å²) in [7, 11) is 1.16. The number of piperidine rings is 1. The van der Waals surface area contributed by atoms with Crippen LogP contribution in [0.4, 0.5) is 19.7 Å². The molecule has 1 saturated heterocycles. The number of non-ortho nitro benzene ring substituents is 1. The van der Waals surface area contributed by atoms with E-state index in [4.69, 9.17) is 14.2 Å². The van der Waals surface area contributed by atoms with E-state index in [1.54, 1.807) is 19.9 Å². The lowest BCUT2D eigenvalue weighted by atomic mass is 9.90. The lowest BCUT2D eigenvalue weighted by Gasteiger charge is -2.32. The van der Waals surface area contributed by atoms with Crippen molar-refractivity contribution in [3.05, 3.63) is 98.5 Å². The normalized spacial score (nSPS) is 17.7. The molecule has 2 aromatic rings. The molecule has 0 bridgehead atoms. The highest BCUT2D eigenvalue weighted by atomic mass is 19.1. The Morgan fingerprint density at radius 1 is 1.02 bits per heavy atom. The number of hydrogen-bond acceptors (Lipinski definition) is 10. The number of allylic oxidation sites excluding steroid dienone is 2. The van der Waals surface area contributed by atoms with Crippen molar-refractivity contribution in [3.8, 4) is 0 Å². The third-order valence-electron chi connectivity index (χ3n) is 7.59. The number of ether oxygens (including phenoxy) is 4. The predicted molar refractivity (Wildman–Crippen MR) is 154 cm³/mol. The van der Waals surface area contributed by atoms with Crippen molar-refractivity contribution in [2.75, 3.05) is 33.4 Å². The number of rotatable bonds is 10. The Morgan fingerprint density at radius 3 is 2.30 bits per heavy atom. The highest BCUT2D eigenvalue weighted by Gasteiger charge is 2.36. The van der Waals surface area contributed by atoms with Crippen LogP contribution in [0.25, 0.3) is 0 Å². The van der Waals surface area contributed by atoms with Gasteiger partial charge in [-0.25, -0.2) is 14.0 Å². The van der Waals surface area contributed by atoms with Gasteiger partial charge in [-0.2, -0.15) is 0 Å². The Labute approximate surface area is 249 Å². The van der Waals surface area contributed by atoms with Crippen LogP contribution in [0.2, 0.25) is 0 Å². The summed E-state index contributed by atoms with van der Waals surface area (Å²) < 4.78 is 34.2. The maximum atomic E-state index is 13.2. The topological polar surface area (TPSA) is 129 Å². The predicted octanol–water partition coefficient (Wildman–Crippen LogP) is 6.16. The molecule has 1 unspecified atom stereocenters. The molecule has 43 heavy (non-hydrogen) atoms. The Balaban J connectivity index is 1.32. The number of halogens is 1. The molecular weight excluding hydrogens is 561 g/mol. The molecule has 0 aromatic heterocycles. The van der Waals surface area contributed by atoms with Crippen LogP contribution in [0.5, 0.6) is 0 Å². The van der Waals surface area contributed by atoms with E-state index in [2.05, 4.69) is 15.0 Å². The molecule has 2 aliphatic rings. The van der Waals surface area contributed by atoms with Crippen molar-refractivity contribution in [2.45, 2.75) is 45.4 Å². The van der Waals surface area contributed by atoms with Crippen LogP contribution in [0.3, 0.4) is 0 Å². The van der Waals surface area contributed by atoms with Crippen molar-refractivity contribution in [1.29, 1.82) is 0 Å². The minimum Gasteiger partial charge on any atom is -0.437 e. The first-order chi connectivity index (χ1) is 20.6. The monoisotopic (exact) mass is 597 g/mol. The van der Waals surface area contributed by atoms with E-state index in [0.29, 0.717) is 29.3 Å². The van der Waals surface area contributed by atoms with Gasteiger partial charge in [0.1, 0.15) is 23.3 Å². The molecule has 1 fully saturated rings. The second kappa shape index (κ2) is 14.6. The lowest BCUT2D eigenvalue weighted by molar-refractivity contribution is -0.384. The fourth-order valence-electron chi connectivity index (χ4n) is 5.41. The second-order valence-corrected chi connectivity index (χ2v) is 10.6. The number of carbonyl (C=O) groups excluding carboxylic acids is 2. The number of benzene rings is 2. The molecule has 2 aliphatic heterocycles. The van der Waals surface area contributed by atoms with Crippen LogP contribution in [0.1, 0.15) is 50.2 Å². The minimum atomic E-state index is -0.993. The van der Waals surface area contributed by atoms with Crippen molar-refractivity contribution in [2.24, 2.45) is 5.92 Å². The van der Waals surface area contributed by atoms with Crippen LogP contribution in [-0.2, 0) is 25.4 Å². The van der Waals surface area contributed by atoms with Gasteiger partial charge in [0.15, 0.2) is 0 Å². The zero-order valence-corrected chi connectivity index (χ0v) is 24.5. The van der Waals surface area contributed by atoms with Crippen LogP contribution in [-0.4, -0.2) is 55.5 Å². The number of hydrogen-bond donors (Lipinski definition) is 1. The number of methoxy groups -OCH3 is 1. The number of nitro groups is 1. The summed E-state index contributed by atoms with van der Waals surface area (Å²) in [5.74, 6) is -0.470. The Hall–Kier alpha value is -4.45. The van der Waals surface area contributed by atoms with E-state index in [-0.39, 0.29) is 29.6 Å². The number of dihydropyridines is 1. The van der Waals surface area contributed by atoms with Gasteiger partial charge < -0.3 is 29.2 Å². The highest BCUT2D eigenvalue weighted by Crippen LogP contribution is 2.40. The van der Waals surface area contributed by atoms with E-state index in [1.807, 2.05) is 12.1 Å². The van der Waals surface area contributed by atoms with Gasteiger partial charge in [0.2, 0.25) is 0 Å². The summed E-state index contributed by atoms with van der Waals surface area (Å²) in [6.07, 6.45) is 1.70. The second-order valence-electron chi connectivity index (χ2n) is 10.6. The highest BCUT2D eigenvalue weighted by molar-refractivity contribution is 5.65. The van der Waals surface area contributed by atoms with Gasteiger partial charge in [-0.05, 0) is 81.8 Å². The standard InChI is InChI=1S/C31H36FN3O8/c1-20-28(42-30(36)40-3)27(24-6-4-7-26(19-24)35(38)39)29(21(2)33-20)43-31(37)41-17-5-14-34-15-12-23(13-16-34)18-22-8-10-25(32)11-9-22/h4,6-11,19,23,27,33H,5,12-18H2,1-3H3. The molecule has 230 valence electrons. The molecule has 1 N–H and O–H groups in total. The summed E-state index contributed by atoms with van der Waals surface area (Å²) in [6, 6.07) is 12.5. The number of nitro benzene ring substituents is 1.